The van der Waals surface area contributed by atoms with Gasteiger partial charge in [0.25, 0.3) is 5.91 Å². The number of rotatable bonds is 4. The first-order valence-electron chi connectivity index (χ1n) is 5.57. The van der Waals surface area contributed by atoms with Gasteiger partial charge in [-0.05, 0) is 25.5 Å². The van der Waals surface area contributed by atoms with Crippen molar-refractivity contribution in [3.63, 3.8) is 0 Å². The van der Waals surface area contributed by atoms with Crippen molar-refractivity contribution in [3.8, 4) is 0 Å². The van der Waals surface area contributed by atoms with Crippen molar-refractivity contribution in [2.24, 2.45) is 0 Å². The molecule has 1 aromatic rings. The quantitative estimate of drug-likeness (QED) is 0.826. The van der Waals surface area contributed by atoms with Crippen LogP contribution >= 0.6 is 23.2 Å². The van der Waals surface area contributed by atoms with Crippen molar-refractivity contribution >= 4 is 40.8 Å². The van der Waals surface area contributed by atoms with E-state index in [1.165, 1.54) is 12.1 Å². The highest BCUT2D eigenvalue weighted by molar-refractivity contribution is 6.40. The van der Waals surface area contributed by atoms with Crippen LogP contribution in [0.5, 0.6) is 0 Å². The normalized spacial score (nSPS) is 11.3. The lowest BCUT2D eigenvalue weighted by molar-refractivity contribution is -0.112. The minimum absolute atomic E-state index is 0.0335. The average Bonchev–Trinajstić information content (AvgIpc) is 2.33. The standard InChI is InChI=1S/C13H13Cl2NO3/c1-3-4-7(2)12(17)16-11-9(14)5-8(13(18)19)6-10(11)15/h4-6H,3H2,1-2H3,(H,16,17)(H,18,19)/b7-4-. The fraction of sp³-hybridized carbons (Fsp3) is 0.231. The maximum Gasteiger partial charge on any atom is 0.335 e. The number of carbonyl (C=O) groups excluding carboxylic acids is 1. The van der Waals surface area contributed by atoms with Crippen LogP contribution in [0.25, 0.3) is 0 Å². The molecule has 1 amide bonds. The summed E-state index contributed by atoms with van der Waals surface area (Å²) in [6.07, 6.45) is 2.50. The molecule has 0 bridgehead atoms. The lowest BCUT2D eigenvalue weighted by Gasteiger charge is -2.10. The molecule has 0 saturated carbocycles. The maximum atomic E-state index is 11.8. The second-order valence-electron chi connectivity index (χ2n) is 3.87. The number of halogens is 2. The summed E-state index contributed by atoms with van der Waals surface area (Å²) in [6, 6.07) is 2.48. The fourth-order valence-electron chi connectivity index (χ4n) is 1.43. The summed E-state index contributed by atoms with van der Waals surface area (Å²) in [6.45, 7) is 3.59. The second-order valence-corrected chi connectivity index (χ2v) is 4.68. The Bertz CT molecular complexity index is 530. The number of carboxylic acids is 1. The van der Waals surface area contributed by atoms with E-state index in [0.717, 1.165) is 6.42 Å². The number of aromatic carboxylic acids is 1. The largest absolute Gasteiger partial charge is 0.478 e. The van der Waals surface area contributed by atoms with Crippen LogP contribution < -0.4 is 5.32 Å². The Hall–Kier alpha value is -1.52. The fourth-order valence-corrected chi connectivity index (χ4v) is 2.01. The Labute approximate surface area is 121 Å². The monoisotopic (exact) mass is 301 g/mol. The molecule has 0 aliphatic heterocycles. The van der Waals surface area contributed by atoms with Gasteiger partial charge in [-0.25, -0.2) is 4.79 Å². The van der Waals surface area contributed by atoms with Crippen LogP contribution in [0.4, 0.5) is 5.69 Å². The number of amides is 1. The highest BCUT2D eigenvalue weighted by Crippen LogP contribution is 2.32. The van der Waals surface area contributed by atoms with E-state index in [1.54, 1.807) is 13.0 Å². The first kappa shape index (κ1) is 15.5. The van der Waals surface area contributed by atoms with E-state index in [0.29, 0.717) is 5.57 Å². The molecule has 0 heterocycles. The Morgan fingerprint density at radius 1 is 1.32 bits per heavy atom. The third-order valence-corrected chi connectivity index (χ3v) is 2.99. The number of anilines is 1. The van der Waals surface area contributed by atoms with Crippen LogP contribution in [0.15, 0.2) is 23.8 Å². The molecule has 102 valence electrons. The Morgan fingerprint density at radius 2 is 1.84 bits per heavy atom. The van der Waals surface area contributed by atoms with E-state index in [9.17, 15) is 9.59 Å². The molecule has 4 nitrogen and oxygen atoms in total. The molecular formula is C13H13Cl2NO3. The molecule has 0 spiro atoms. The van der Waals surface area contributed by atoms with Gasteiger partial charge in [-0.15, -0.1) is 0 Å². The summed E-state index contributed by atoms with van der Waals surface area (Å²) in [4.78, 5) is 22.6. The molecule has 0 atom stereocenters. The third-order valence-electron chi connectivity index (χ3n) is 2.40. The average molecular weight is 302 g/mol. The number of nitrogens with one attached hydrogen (secondary N) is 1. The van der Waals surface area contributed by atoms with Crippen molar-refractivity contribution in [2.45, 2.75) is 20.3 Å². The summed E-state index contributed by atoms with van der Waals surface area (Å²) < 4.78 is 0. The first-order chi connectivity index (χ1) is 8.86. The maximum absolute atomic E-state index is 11.8. The van der Waals surface area contributed by atoms with Gasteiger partial charge < -0.3 is 10.4 Å². The van der Waals surface area contributed by atoms with E-state index in [2.05, 4.69) is 5.32 Å². The molecule has 0 unspecified atom stereocenters. The predicted octanol–water partition coefficient (Wildman–Crippen LogP) is 3.99. The molecule has 0 radical (unpaired) electrons. The van der Waals surface area contributed by atoms with Crippen molar-refractivity contribution < 1.29 is 14.7 Å². The van der Waals surface area contributed by atoms with Crippen LogP contribution in [-0.4, -0.2) is 17.0 Å². The van der Waals surface area contributed by atoms with E-state index in [1.807, 2.05) is 6.92 Å². The number of carboxylic acid groups (broad SMARTS) is 1. The molecule has 6 heteroatoms. The molecule has 0 fully saturated rings. The Kier molecular flexibility index (Phi) is 5.39. The zero-order valence-electron chi connectivity index (χ0n) is 10.5. The molecule has 2 N–H and O–H groups in total. The van der Waals surface area contributed by atoms with Crippen molar-refractivity contribution in [2.75, 3.05) is 5.32 Å². The van der Waals surface area contributed by atoms with Gasteiger partial charge in [-0.3, -0.25) is 4.79 Å². The summed E-state index contributed by atoms with van der Waals surface area (Å²) >= 11 is 11.8. The van der Waals surface area contributed by atoms with Gasteiger partial charge in [0, 0.05) is 5.57 Å². The van der Waals surface area contributed by atoms with E-state index in [-0.39, 0.29) is 27.2 Å². The van der Waals surface area contributed by atoms with Crippen LogP contribution in [0, 0.1) is 0 Å². The van der Waals surface area contributed by atoms with Gasteiger partial charge in [-0.1, -0.05) is 36.2 Å². The number of allylic oxidation sites excluding steroid dienone is 1. The van der Waals surface area contributed by atoms with Gasteiger partial charge in [0.1, 0.15) is 0 Å². The molecule has 0 aromatic heterocycles. The van der Waals surface area contributed by atoms with Gasteiger partial charge in [-0.2, -0.15) is 0 Å². The zero-order chi connectivity index (χ0) is 14.6. The molecule has 0 aliphatic carbocycles. The second kappa shape index (κ2) is 6.59. The van der Waals surface area contributed by atoms with Gasteiger partial charge in [0.15, 0.2) is 0 Å². The first-order valence-corrected chi connectivity index (χ1v) is 6.32. The summed E-state index contributed by atoms with van der Waals surface area (Å²) in [5, 5.41) is 11.6. The molecule has 1 aromatic carbocycles. The lowest BCUT2D eigenvalue weighted by atomic mass is 10.2. The number of hydrogen-bond acceptors (Lipinski definition) is 2. The van der Waals surface area contributed by atoms with Crippen molar-refractivity contribution in [3.05, 3.63) is 39.4 Å². The van der Waals surface area contributed by atoms with Crippen molar-refractivity contribution in [1.29, 1.82) is 0 Å². The molecule has 19 heavy (non-hydrogen) atoms. The molecule has 0 saturated heterocycles. The lowest BCUT2D eigenvalue weighted by Crippen LogP contribution is -2.13. The number of carbonyl (C=O) groups is 2. The SMILES string of the molecule is CC/C=C(/C)C(=O)Nc1c(Cl)cc(C(=O)O)cc1Cl. The predicted molar refractivity (Wildman–Crippen MR) is 76.1 cm³/mol. The molecule has 0 aliphatic rings. The van der Waals surface area contributed by atoms with Crippen LogP contribution in [0.2, 0.25) is 10.0 Å². The molecule has 1 rings (SSSR count). The topological polar surface area (TPSA) is 66.4 Å². The Morgan fingerprint density at radius 3 is 2.26 bits per heavy atom. The van der Waals surface area contributed by atoms with Gasteiger partial charge in [0.2, 0.25) is 0 Å². The third kappa shape index (κ3) is 3.98. The Balaban J connectivity index is 3.06. The van der Waals surface area contributed by atoms with Crippen LogP contribution in [0.1, 0.15) is 30.6 Å². The minimum Gasteiger partial charge on any atom is -0.478 e. The highest BCUT2D eigenvalue weighted by Gasteiger charge is 2.14. The van der Waals surface area contributed by atoms with E-state index >= 15 is 0 Å². The zero-order valence-corrected chi connectivity index (χ0v) is 12.0. The van der Waals surface area contributed by atoms with E-state index < -0.39 is 5.97 Å². The minimum atomic E-state index is -1.14. The van der Waals surface area contributed by atoms with Gasteiger partial charge in [0.05, 0.1) is 21.3 Å². The number of benzene rings is 1. The summed E-state index contributed by atoms with van der Waals surface area (Å²) in [5.74, 6) is -1.46. The highest BCUT2D eigenvalue weighted by atomic mass is 35.5. The summed E-state index contributed by atoms with van der Waals surface area (Å²) in [5.41, 5.74) is 0.716. The van der Waals surface area contributed by atoms with Crippen LogP contribution in [0.3, 0.4) is 0 Å². The van der Waals surface area contributed by atoms with E-state index in [4.69, 9.17) is 28.3 Å². The van der Waals surface area contributed by atoms with Crippen molar-refractivity contribution in [1.82, 2.24) is 0 Å². The smallest absolute Gasteiger partial charge is 0.335 e. The van der Waals surface area contributed by atoms with Crippen LogP contribution in [-0.2, 0) is 4.79 Å². The van der Waals surface area contributed by atoms with Gasteiger partial charge >= 0.3 is 5.97 Å². The summed E-state index contributed by atoms with van der Waals surface area (Å²) in [7, 11) is 0. The number of hydrogen-bond donors (Lipinski definition) is 2. The molecular weight excluding hydrogens is 289 g/mol.